The molecule has 134 valence electrons. The molecule has 0 bridgehead atoms. The van der Waals surface area contributed by atoms with Gasteiger partial charge >= 0.3 is 0 Å². The molecule has 0 aromatic carbocycles. The summed E-state index contributed by atoms with van der Waals surface area (Å²) in [6.45, 7) is 3.30. The first-order valence-electron chi connectivity index (χ1n) is 9.59. The Morgan fingerprint density at radius 3 is 2.67 bits per heavy atom. The number of nitrogens with zero attached hydrogens (tertiary/aromatic N) is 2. The Morgan fingerprint density at radius 1 is 1.21 bits per heavy atom. The predicted octanol–water partition coefficient (Wildman–Crippen LogP) is 2.78. The van der Waals surface area contributed by atoms with E-state index in [4.69, 9.17) is 4.42 Å². The summed E-state index contributed by atoms with van der Waals surface area (Å²) >= 11 is 0. The third-order valence-electron chi connectivity index (χ3n) is 5.43. The van der Waals surface area contributed by atoms with Crippen molar-refractivity contribution < 1.29 is 4.42 Å². The van der Waals surface area contributed by atoms with E-state index in [1.165, 1.54) is 58.0 Å². The maximum Gasteiger partial charge on any atom is 0.191 e. The lowest BCUT2D eigenvalue weighted by atomic mass is 9.92. The molecule has 2 fully saturated rings. The molecule has 1 aromatic rings. The van der Waals surface area contributed by atoms with E-state index >= 15 is 0 Å². The second-order valence-electron chi connectivity index (χ2n) is 7.07. The number of hydrogen-bond acceptors (Lipinski definition) is 3. The SMILES string of the molecule is CN=C(NCCc1ccco1)NC1CCN(C2CCCCC2)CC1. The average molecular weight is 332 g/mol. The molecule has 2 aliphatic rings. The second kappa shape index (κ2) is 9.11. The first-order valence-corrected chi connectivity index (χ1v) is 9.59. The van der Waals surface area contributed by atoms with Crippen LogP contribution in [-0.4, -0.2) is 49.6 Å². The molecule has 0 amide bonds. The normalized spacial score (nSPS) is 21.8. The van der Waals surface area contributed by atoms with Crippen LogP contribution in [0.15, 0.2) is 27.8 Å². The quantitative estimate of drug-likeness (QED) is 0.643. The first-order chi connectivity index (χ1) is 11.8. The lowest BCUT2D eigenvalue weighted by molar-refractivity contribution is 0.119. The maximum atomic E-state index is 5.36. The zero-order chi connectivity index (χ0) is 16.6. The molecular weight excluding hydrogens is 300 g/mol. The smallest absolute Gasteiger partial charge is 0.191 e. The third kappa shape index (κ3) is 5.00. The van der Waals surface area contributed by atoms with E-state index in [0.717, 1.165) is 30.7 Å². The molecule has 2 N–H and O–H groups in total. The predicted molar refractivity (Wildman–Crippen MR) is 98.4 cm³/mol. The average Bonchev–Trinajstić information content (AvgIpc) is 3.15. The van der Waals surface area contributed by atoms with Gasteiger partial charge in [-0.15, -0.1) is 0 Å². The zero-order valence-electron chi connectivity index (χ0n) is 15.0. The van der Waals surface area contributed by atoms with Crippen molar-refractivity contribution in [2.24, 2.45) is 4.99 Å². The van der Waals surface area contributed by atoms with E-state index in [2.05, 4.69) is 20.5 Å². The fourth-order valence-corrected chi connectivity index (χ4v) is 4.00. The van der Waals surface area contributed by atoms with Gasteiger partial charge in [0.2, 0.25) is 0 Å². The van der Waals surface area contributed by atoms with Crippen molar-refractivity contribution in [1.29, 1.82) is 0 Å². The van der Waals surface area contributed by atoms with Gasteiger partial charge in [-0.25, -0.2) is 0 Å². The molecule has 1 aromatic heterocycles. The number of nitrogens with one attached hydrogen (secondary N) is 2. The Hall–Kier alpha value is -1.49. The van der Waals surface area contributed by atoms with E-state index in [0.29, 0.717) is 6.04 Å². The molecule has 1 saturated carbocycles. The number of rotatable bonds is 5. The van der Waals surface area contributed by atoms with Crippen LogP contribution in [0.3, 0.4) is 0 Å². The molecule has 0 radical (unpaired) electrons. The number of likely N-dealkylation sites (tertiary alicyclic amines) is 1. The highest BCUT2D eigenvalue weighted by Crippen LogP contribution is 2.25. The van der Waals surface area contributed by atoms with Gasteiger partial charge < -0.3 is 20.0 Å². The maximum absolute atomic E-state index is 5.36. The van der Waals surface area contributed by atoms with Crippen LogP contribution in [0.1, 0.15) is 50.7 Å². The van der Waals surface area contributed by atoms with Gasteiger partial charge in [-0.05, 0) is 37.8 Å². The fourth-order valence-electron chi connectivity index (χ4n) is 4.00. The Kier molecular flexibility index (Phi) is 6.58. The van der Waals surface area contributed by atoms with Gasteiger partial charge in [-0.1, -0.05) is 19.3 Å². The van der Waals surface area contributed by atoms with Gasteiger partial charge in [0.1, 0.15) is 5.76 Å². The van der Waals surface area contributed by atoms with Crippen LogP contribution in [-0.2, 0) is 6.42 Å². The summed E-state index contributed by atoms with van der Waals surface area (Å²) in [5.41, 5.74) is 0. The van der Waals surface area contributed by atoms with Gasteiger partial charge in [0.15, 0.2) is 5.96 Å². The molecular formula is C19H32N4O. The van der Waals surface area contributed by atoms with Crippen molar-refractivity contribution in [2.45, 2.75) is 63.5 Å². The summed E-state index contributed by atoms with van der Waals surface area (Å²) in [5, 5.41) is 6.99. The minimum Gasteiger partial charge on any atom is -0.469 e. The zero-order valence-corrected chi connectivity index (χ0v) is 15.0. The number of hydrogen-bond donors (Lipinski definition) is 2. The monoisotopic (exact) mass is 332 g/mol. The van der Waals surface area contributed by atoms with Crippen LogP contribution >= 0.6 is 0 Å². The lowest BCUT2D eigenvalue weighted by Crippen LogP contribution is -2.51. The number of piperidine rings is 1. The Labute approximate surface area is 145 Å². The van der Waals surface area contributed by atoms with Crippen LogP contribution in [0.4, 0.5) is 0 Å². The minimum absolute atomic E-state index is 0.541. The minimum atomic E-state index is 0.541. The molecule has 1 saturated heterocycles. The molecule has 1 aliphatic carbocycles. The van der Waals surface area contributed by atoms with E-state index in [1.54, 1.807) is 6.26 Å². The van der Waals surface area contributed by atoms with Crippen molar-refractivity contribution in [2.75, 3.05) is 26.7 Å². The summed E-state index contributed by atoms with van der Waals surface area (Å²) in [4.78, 5) is 7.09. The Balaban J connectivity index is 1.36. The van der Waals surface area contributed by atoms with Crippen LogP contribution in [0.5, 0.6) is 0 Å². The molecule has 3 rings (SSSR count). The van der Waals surface area contributed by atoms with E-state index in [-0.39, 0.29) is 0 Å². The summed E-state index contributed by atoms with van der Waals surface area (Å²) in [6, 6.07) is 5.34. The number of guanidine groups is 1. The lowest BCUT2D eigenvalue weighted by Gasteiger charge is -2.39. The van der Waals surface area contributed by atoms with Gasteiger partial charge in [0.05, 0.1) is 6.26 Å². The van der Waals surface area contributed by atoms with Crippen LogP contribution in [0.2, 0.25) is 0 Å². The van der Waals surface area contributed by atoms with Crippen molar-refractivity contribution in [1.82, 2.24) is 15.5 Å². The van der Waals surface area contributed by atoms with Crippen LogP contribution < -0.4 is 10.6 Å². The highest BCUT2D eigenvalue weighted by molar-refractivity contribution is 5.79. The highest BCUT2D eigenvalue weighted by Gasteiger charge is 2.26. The van der Waals surface area contributed by atoms with E-state index in [1.807, 2.05) is 19.2 Å². The van der Waals surface area contributed by atoms with E-state index < -0.39 is 0 Å². The second-order valence-corrected chi connectivity index (χ2v) is 7.07. The standard InChI is InChI=1S/C19H32N4O/c1-20-19(21-12-9-18-8-5-15-24-18)22-16-10-13-23(14-11-16)17-6-3-2-4-7-17/h5,8,15-17H,2-4,6-7,9-14H2,1H3,(H2,20,21,22). The summed E-state index contributed by atoms with van der Waals surface area (Å²) in [7, 11) is 1.85. The third-order valence-corrected chi connectivity index (χ3v) is 5.43. The molecule has 24 heavy (non-hydrogen) atoms. The van der Waals surface area contributed by atoms with Crippen LogP contribution in [0, 0.1) is 0 Å². The summed E-state index contributed by atoms with van der Waals surface area (Å²) in [5.74, 6) is 1.93. The molecule has 2 heterocycles. The van der Waals surface area contributed by atoms with Crippen molar-refractivity contribution in [3.05, 3.63) is 24.2 Å². The Morgan fingerprint density at radius 2 is 2.00 bits per heavy atom. The van der Waals surface area contributed by atoms with Crippen molar-refractivity contribution >= 4 is 5.96 Å². The van der Waals surface area contributed by atoms with Gasteiger partial charge in [-0.3, -0.25) is 4.99 Å². The van der Waals surface area contributed by atoms with Crippen molar-refractivity contribution in [3.8, 4) is 0 Å². The van der Waals surface area contributed by atoms with Crippen LogP contribution in [0.25, 0.3) is 0 Å². The molecule has 5 heteroatoms. The molecule has 0 atom stereocenters. The fraction of sp³-hybridized carbons (Fsp3) is 0.737. The number of aliphatic imine (C=N–C) groups is 1. The molecule has 0 unspecified atom stereocenters. The Bertz CT molecular complexity index is 485. The molecule has 0 spiro atoms. The summed E-state index contributed by atoms with van der Waals surface area (Å²) < 4.78 is 5.36. The molecule has 5 nitrogen and oxygen atoms in total. The summed E-state index contributed by atoms with van der Waals surface area (Å²) in [6.07, 6.45) is 12.2. The van der Waals surface area contributed by atoms with Crippen molar-refractivity contribution in [3.63, 3.8) is 0 Å². The number of furan rings is 1. The van der Waals surface area contributed by atoms with E-state index in [9.17, 15) is 0 Å². The topological polar surface area (TPSA) is 52.8 Å². The van der Waals surface area contributed by atoms with Gasteiger partial charge in [0.25, 0.3) is 0 Å². The molecule has 1 aliphatic heterocycles. The van der Waals surface area contributed by atoms with Gasteiger partial charge in [-0.2, -0.15) is 0 Å². The largest absolute Gasteiger partial charge is 0.469 e. The van der Waals surface area contributed by atoms with Gasteiger partial charge in [0, 0.05) is 45.2 Å². The first kappa shape index (κ1) is 17.3. The highest BCUT2D eigenvalue weighted by atomic mass is 16.3.